The number of phenols is 1. The van der Waals surface area contributed by atoms with E-state index in [9.17, 15) is 9.90 Å². The van der Waals surface area contributed by atoms with Crippen molar-refractivity contribution in [3.63, 3.8) is 0 Å². The van der Waals surface area contributed by atoms with E-state index < -0.39 is 0 Å². The van der Waals surface area contributed by atoms with E-state index in [1.54, 1.807) is 18.2 Å². The van der Waals surface area contributed by atoms with Gasteiger partial charge in [-0.2, -0.15) is 0 Å². The molecule has 0 bridgehead atoms. The summed E-state index contributed by atoms with van der Waals surface area (Å²) in [5.41, 5.74) is 2.59. The molecular weight excluding hydrogens is 295 g/mol. The molecule has 20 heavy (non-hydrogen) atoms. The molecule has 0 saturated carbocycles. The normalized spacial score (nSPS) is 17.9. The molecule has 0 amide bonds. The van der Waals surface area contributed by atoms with Gasteiger partial charge in [0.05, 0.1) is 10.0 Å². The molecule has 0 aromatic heterocycles. The summed E-state index contributed by atoms with van der Waals surface area (Å²) in [5.74, 6) is 0.303. The van der Waals surface area contributed by atoms with Crippen molar-refractivity contribution >= 4 is 29.0 Å². The maximum atomic E-state index is 12.0. The van der Waals surface area contributed by atoms with Crippen LogP contribution in [-0.4, -0.2) is 10.9 Å². The summed E-state index contributed by atoms with van der Waals surface area (Å²) in [5, 5.41) is 10.6. The molecule has 2 aromatic carbocycles. The molecule has 1 N–H and O–H groups in total. The first-order valence-electron chi connectivity index (χ1n) is 6.37. The second kappa shape index (κ2) is 5.12. The lowest BCUT2D eigenvalue weighted by Crippen LogP contribution is -2.16. The highest BCUT2D eigenvalue weighted by atomic mass is 35.5. The average molecular weight is 307 g/mol. The molecule has 1 aliphatic carbocycles. The number of halogens is 2. The third kappa shape index (κ3) is 2.30. The topological polar surface area (TPSA) is 37.3 Å². The highest BCUT2D eigenvalue weighted by Crippen LogP contribution is 2.39. The lowest BCUT2D eigenvalue weighted by Gasteiger charge is -2.25. The third-order valence-electron chi connectivity index (χ3n) is 3.72. The highest BCUT2D eigenvalue weighted by molar-refractivity contribution is 6.42. The maximum Gasteiger partial charge on any atom is 0.163 e. The molecule has 0 saturated heterocycles. The zero-order chi connectivity index (χ0) is 14.3. The lowest BCUT2D eigenvalue weighted by molar-refractivity contribution is 0.0969. The summed E-state index contributed by atoms with van der Waals surface area (Å²) in [6.45, 7) is 0. The molecule has 0 spiro atoms. The number of phenolic OH excluding ortho intramolecular Hbond substituents is 1. The van der Waals surface area contributed by atoms with Gasteiger partial charge in [0.25, 0.3) is 0 Å². The number of aromatic hydroxyl groups is 1. The molecule has 3 rings (SSSR count). The Balaban J connectivity index is 2.10. The fourth-order valence-corrected chi connectivity index (χ4v) is 3.04. The molecule has 1 aliphatic rings. The van der Waals surface area contributed by atoms with Gasteiger partial charge in [0.1, 0.15) is 5.75 Å². The molecule has 2 nitrogen and oxygen atoms in total. The zero-order valence-corrected chi connectivity index (χ0v) is 12.1. The zero-order valence-electron chi connectivity index (χ0n) is 10.6. The van der Waals surface area contributed by atoms with Crippen molar-refractivity contribution in [2.24, 2.45) is 0 Å². The predicted molar refractivity (Wildman–Crippen MR) is 80.0 cm³/mol. The van der Waals surface area contributed by atoms with E-state index in [1.165, 1.54) is 0 Å². The van der Waals surface area contributed by atoms with Gasteiger partial charge in [-0.3, -0.25) is 4.79 Å². The SMILES string of the molecule is O=C1CC[C@@H](c2ccc(Cl)c(Cl)c2)c2ccc(O)cc21. The Kier molecular flexibility index (Phi) is 3.45. The quantitative estimate of drug-likeness (QED) is 0.821. The first-order valence-corrected chi connectivity index (χ1v) is 7.13. The Hall–Kier alpha value is -1.51. The Labute approximate surface area is 127 Å². The van der Waals surface area contributed by atoms with Gasteiger partial charge in [-0.25, -0.2) is 0 Å². The van der Waals surface area contributed by atoms with Crippen molar-refractivity contribution in [2.45, 2.75) is 18.8 Å². The van der Waals surface area contributed by atoms with Crippen LogP contribution in [0, 0.1) is 0 Å². The van der Waals surface area contributed by atoms with Gasteiger partial charge in [0.2, 0.25) is 0 Å². The van der Waals surface area contributed by atoms with Crippen molar-refractivity contribution in [3.05, 3.63) is 63.1 Å². The number of Topliss-reactive ketones (excluding diaryl/α,β-unsaturated/α-hetero) is 1. The minimum Gasteiger partial charge on any atom is -0.508 e. The summed E-state index contributed by atoms with van der Waals surface area (Å²) in [4.78, 5) is 12.0. The number of carbonyl (C=O) groups is 1. The van der Waals surface area contributed by atoms with Gasteiger partial charge in [-0.15, -0.1) is 0 Å². The van der Waals surface area contributed by atoms with Crippen LogP contribution in [-0.2, 0) is 0 Å². The number of hydrogen-bond acceptors (Lipinski definition) is 2. The molecule has 102 valence electrons. The molecule has 4 heteroatoms. The summed E-state index contributed by atoms with van der Waals surface area (Å²) in [7, 11) is 0. The van der Waals surface area contributed by atoms with Gasteiger partial charge in [-0.1, -0.05) is 35.3 Å². The van der Waals surface area contributed by atoms with E-state index in [2.05, 4.69) is 0 Å². The van der Waals surface area contributed by atoms with Crippen LogP contribution in [0.1, 0.15) is 40.2 Å². The molecule has 0 aliphatic heterocycles. The minimum atomic E-state index is 0.0761. The Morgan fingerprint density at radius 2 is 1.85 bits per heavy atom. The number of carbonyl (C=O) groups excluding carboxylic acids is 1. The van der Waals surface area contributed by atoms with Gasteiger partial charge in [-0.05, 0) is 41.8 Å². The molecule has 2 aromatic rings. The molecule has 0 unspecified atom stereocenters. The third-order valence-corrected chi connectivity index (χ3v) is 4.46. The summed E-state index contributed by atoms with van der Waals surface area (Å²) >= 11 is 12.0. The molecular formula is C16H12Cl2O2. The van der Waals surface area contributed by atoms with Crippen LogP contribution in [0.2, 0.25) is 10.0 Å². The van der Waals surface area contributed by atoms with Gasteiger partial charge in [0.15, 0.2) is 5.78 Å². The number of ketones is 1. The van der Waals surface area contributed by atoms with E-state index in [4.69, 9.17) is 23.2 Å². The van der Waals surface area contributed by atoms with Gasteiger partial charge < -0.3 is 5.11 Å². The van der Waals surface area contributed by atoms with Crippen LogP contribution < -0.4 is 0 Å². The van der Waals surface area contributed by atoms with E-state index in [0.29, 0.717) is 22.0 Å². The molecule has 0 fully saturated rings. The van der Waals surface area contributed by atoms with Gasteiger partial charge >= 0.3 is 0 Å². The Morgan fingerprint density at radius 3 is 2.60 bits per heavy atom. The monoisotopic (exact) mass is 306 g/mol. The summed E-state index contributed by atoms with van der Waals surface area (Å²) in [6.07, 6.45) is 1.22. The van der Waals surface area contributed by atoms with Crippen LogP contribution in [0.25, 0.3) is 0 Å². The van der Waals surface area contributed by atoms with Gasteiger partial charge in [0, 0.05) is 17.9 Å². The first kappa shape index (κ1) is 13.5. The standard InChI is InChI=1S/C16H12Cl2O2/c17-14-5-1-9(7-15(14)18)11-4-6-16(20)13-8-10(19)2-3-12(11)13/h1-3,5,7-8,11,19H,4,6H2/t11-/m0/s1. The average Bonchev–Trinajstić information content (AvgIpc) is 2.43. The van der Waals surface area contributed by atoms with Crippen LogP contribution in [0.4, 0.5) is 0 Å². The minimum absolute atomic E-state index is 0.0761. The fourth-order valence-electron chi connectivity index (χ4n) is 2.73. The summed E-state index contributed by atoms with van der Waals surface area (Å²) < 4.78 is 0. The number of benzene rings is 2. The fraction of sp³-hybridized carbons (Fsp3) is 0.188. The van der Waals surface area contributed by atoms with E-state index >= 15 is 0 Å². The number of hydrogen-bond donors (Lipinski definition) is 1. The first-order chi connectivity index (χ1) is 9.56. The highest BCUT2D eigenvalue weighted by Gasteiger charge is 2.27. The molecule has 0 heterocycles. The van der Waals surface area contributed by atoms with Crippen LogP contribution in [0.3, 0.4) is 0 Å². The maximum absolute atomic E-state index is 12.0. The molecule has 1 atom stereocenters. The van der Waals surface area contributed by atoms with E-state index in [1.807, 2.05) is 18.2 Å². The van der Waals surface area contributed by atoms with Crippen LogP contribution in [0.15, 0.2) is 36.4 Å². The lowest BCUT2D eigenvalue weighted by atomic mass is 9.78. The van der Waals surface area contributed by atoms with Crippen molar-refractivity contribution in [1.82, 2.24) is 0 Å². The second-order valence-corrected chi connectivity index (χ2v) is 5.77. The van der Waals surface area contributed by atoms with Crippen molar-refractivity contribution in [2.75, 3.05) is 0 Å². The molecule has 0 radical (unpaired) electrons. The van der Waals surface area contributed by atoms with Crippen LogP contribution >= 0.6 is 23.2 Å². The van der Waals surface area contributed by atoms with E-state index in [-0.39, 0.29) is 17.5 Å². The van der Waals surface area contributed by atoms with E-state index in [0.717, 1.165) is 17.5 Å². The Morgan fingerprint density at radius 1 is 1.05 bits per heavy atom. The smallest absolute Gasteiger partial charge is 0.163 e. The van der Waals surface area contributed by atoms with Crippen LogP contribution in [0.5, 0.6) is 5.75 Å². The van der Waals surface area contributed by atoms with Crippen molar-refractivity contribution < 1.29 is 9.90 Å². The number of rotatable bonds is 1. The summed E-state index contributed by atoms with van der Waals surface area (Å²) in [6, 6.07) is 10.5. The largest absolute Gasteiger partial charge is 0.508 e. The second-order valence-electron chi connectivity index (χ2n) is 4.96. The van der Waals surface area contributed by atoms with Crippen molar-refractivity contribution in [1.29, 1.82) is 0 Å². The van der Waals surface area contributed by atoms with Crippen molar-refractivity contribution in [3.8, 4) is 5.75 Å². The number of fused-ring (bicyclic) bond motifs is 1. The predicted octanol–water partition coefficient (Wildman–Crippen LogP) is 4.81. The Bertz CT molecular complexity index is 695.